The van der Waals surface area contributed by atoms with Crippen molar-refractivity contribution in [1.29, 1.82) is 0 Å². The van der Waals surface area contributed by atoms with Gasteiger partial charge < -0.3 is 20.9 Å². The van der Waals surface area contributed by atoms with Gasteiger partial charge in [0, 0.05) is 39.1 Å². The number of nitrogen functional groups attached to an aromatic ring is 1. The highest BCUT2D eigenvalue weighted by molar-refractivity contribution is 7.91. The average Bonchev–Trinajstić information content (AvgIpc) is 2.90. The van der Waals surface area contributed by atoms with Gasteiger partial charge in [-0.3, -0.25) is 0 Å². The Morgan fingerprint density at radius 1 is 1.41 bits per heavy atom. The summed E-state index contributed by atoms with van der Waals surface area (Å²) < 4.78 is 23.3. The lowest BCUT2D eigenvalue weighted by Crippen LogP contribution is -2.28. The van der Waals surface area contributed by atoms with Crippen LogP contribution in [-0.2, 0) is 9.84 Å². The number of urea groups is 1. The quantitative estimate of drug-likeness (QED) is 0.808. The van der Waals surface area contributed by atoms with Crippen molar-refractivity contribution in [2.45, 2.75) is 11.7 Å². The first-order valence-electron chi connectivity index (χ1n) is 7.00. The van der Waals surface area contributed by atoms with Crippen LogP contribution in [-0.4, -0.2) is 58.0 Å². The number of hydrogen-bond donors (Lipinski definition) is 2. The van der Waals surface area contributed by atoms with E-state index >= 15 is 0 Å². The second-order valence-corrected chi connectivity index (χ2v) is 8.11. The van der Waals surface area contributed by atoms with Crippen molar-refractivity contribution in [3.05, 3.63) is 18.2 Å². The molecule has 1 saturated heterocycles. The first-order chi connectivity index (χ1) is 10.2. The zero-order chi connectivity index (χ0) is 16.5. The van der Waals surface area contributed by atoms with Gasteiger partial charge in [-0.1, -0.05) is 0 Å². The molecule has 1 aromatic carbocycles. The van der Waals surface area contributed by atoms with Crippen molar-refractivity contribution >= 4 is 32.9 Å². The van der Waals surface area contributed by atoms with Crippen molar-refractivity contribution in [2.24, 2.45) is 0 Å². The third-order valence-corrected chi connectivity index (χ3v) is 5.40. The second-order valence-electron chi connectivity index (χ2n) is 5.78. The van der Waals surface area contributed by atoms with Gasteiger partial charge in [-0.25, -0.2) is 13.2 Å². The first kappa shape index (κ1) is 16.4. The van der Waals surface area contributed by atoms with Crippen LogP contribution in [0.1, 0.15) is 6.42 Å². The Bertz CT molecular complexity index is 673. The highest BCUT2D eigenvalue weighted by atomic mass is 32.2. The Morgan fingerprint density at radius 2 is 2.09 bits per heavy atom. The van der Waals surface area contributed by atoms with Crippen LogP contribution >= 0.6 is 0 Å². The number of benzene rings is 1. The minimum absolute atomic E-state index is 0.265. The number of nitrogens with one attached hydrogen (secondary N) is 1. The topological polar surface area (TPSA) is 95.7 Å². The van der Waals surface area contributed by atoms with E-state index in [-0.39, 0.29) is 11.3 Å². The van der Waals surface area contributed by atoms with Crippen molar-refractivity contribution in [1.82, 2.24) is 4.90 Å². The SMILES string of the molecule is CN(C)C(=O)Nc1cc(N2CCC(S(C)(=O)=O)C2)ccc1N. The van der Waals surface area contributed by atoms with E-state index < -0.39 is 9.84 Å². The number of rotatable bonds is 3. The third kappa shape index (κ3) is 3.62. The van der Waals surface area contributed by atoms with Gasteiger partial charge in [0.1, 0.15) is 0 Å². The van der Waals surface area contributed by atoms with Crippen molar-refractivity contribution in [2.75, 3.05) is 49.4 Å². The zero-order valence-electron chi connectivity index (χ0n) is 13.0. The van der Waals surface area contributed by atoms with E-state index in [0.717, 1.165) is 5.69 Å². The molecule has 1 aliphatic heterocycles. The van der Waals surface area contributed by atoms with E-state index in [0.29, 0.717) is 30.9 Å². The second kappa shape index (κ2) is 6.04. The molecule has 0 spiro atoms. The molecule has 1 heterocycles. The molecule has 1 unspecified atom stereocenters. The molecule has 0 bridgehead atoms. The van der Waals surface area contributed by atoms with E-state index in [1.54, 1.807) is 26.2 Å². The summed E-state index contributed by atoms with van der Waals surface area (Å²) in [6.07, 6.45) is 1.88. The molecular weight excluding hydrogens is 304 g/mol. The van der Waals surface area contributed by atoms with E-state index in [1.165, 1.54) is 11.2 Å². The predicted octanol–water partition coefficient (Wildman–Crippen LogP) is 0.986. The number of carbonyl (C=O) groups excluding carboxylic acids is 1. The highest BCUT2D eigenvalue weighted by Crippen LogP contribution is 2.29. The molecule has 7 nitrogen and oxygen atoms in total. The summed E-state index contributed by atoms with van der Waals surface area (Å²) in [7, 11) is 0.256. The van der Waals surface area contributed by atoms with Gasteiger partial charge in [-0.15, -0.1) is 0 Å². The van der Waals surface area contributed by atoms with Gasteiger partial charge in [0.05, 0.1) is 16.6 Å². The maximum Gasteiger partial charge on any atom is 0.321 e. The maximum absolute atomic E-state index is 11.7. The molecular formula is C14H22N4O3S. The number of amides is 2. The van der Waals surface area contributed by atoms with Crippen LogP contribution in [0.25, 0.3) is 0 Å². The lowest BCUT2D eigenvalue weighted by Gasteiger charge is -2.21. The van der Waals surface area contributed by atoms with Crippen LogP contribution in [0.15, 0.2) is 18.2 Å². The van der Waals surface area contributed by atoms with Crippen LogP contribution in [0.3, 0.4) is 0 Å². The summed E-state index contributed by atoms with van der Waals surface area (Å²) in [5.41, 5.74) is 7.74. The molecule has 8 heteroatoms. The fraction of sp³-hybridized carbons (Fsp3) is 0.500. The summed E-state index contributed by atoms with van der Waals surface area (Å²) in [6.45, 7) is 1.13. The number of nitrogens with two attached hydrogens (primary N) is 1. The molecule has 122 valence electrons. The molecule has 1 fully saturated rings. The molecule has 0 aliphatic carbocycles. The largest absolute Gasteiger partial charge is 0.397 e. The third-order valence-electron chi connectivity index (χ3n) is 3.80. The van der Waals surface area contributed by atoms with E-state index in [1.807, 2.05) is 11.0 Å². The van der Waals surface area contributed by atoms with Crippen LogP contribution in [0.4, 0.5) is 21.9 Å². The minimum atomic E-state index is -3.03. The number of carbonyl (C=O) groups is 1. The van der Waals surface area contributed by atoms with Crippen LogP contribution < -0.4 is 16.0 Å². The van der Waals surface area contributed by atoms with Gasteiger partial charge in [0.2, 0.25) is 0 Å². The number of sulfone groups is 1. The summed E-state index contributed by atoms with van der Waals surface area (Å²) in [4.78, 5) is 15.2. The monoisotopic (exact) mass is 326 g/mol. The standard InChI is InChI=1S/C14H22N4O3S/c1-17(2)14(19)16-13-8-10(4-5-12(13)15)18-7-6-11(9-18)22(3,20)21/h4-5,8,11H,6-7,9,15H2,1-3H3,(H,16,19). The van der Waals surface area contributed by atoms with E-state index in [9.17, 15) is 13.2 Å². The minimum Gasteiger partial charge on any atom is -0.397 e. The fourth-order valence-corrected chi connectivity index (χ4v) is 3.37. The molecule has 0 aromatic heterocycles. The number of anilines is 3. The Labute approximate surface area is 131 Å². The predicted molar refractivity (Wildman–Crippen MR) is 89.0 cm³/mol. The van der Waals surface area contributed by atoms with E-state index in [4.69, 9.17) is 5.73 Å². The smallest absolute Gasteiger partial charge is 0.321 e. The van der Waals surface area contributed by atoms with Gasteiger partial charge in [-0.2, -0.15) is 0 Å². The molecule has 1 atom stereocenters. The number of nitrogens with zero attached hydrogens (tertiary/aromatic N) is 2. The van der Waals surface area contributed by atoms with Crippen LogP contribution in [0.5, 0.6) is 0 Å². The lowest BCUT2D eigenvalue weighted by atomic mass is 10.2. The molecule has 3 N–H and O–H groups in total. The van der Waals surface area contributed by atoms with Gasteiger partial charge in [0.25, 0.3) is 0 Å². The average molecular weight is 326 g/mol. The molecule has 22 heavy (non-hydrogen) atoms. The molecule has 0 radical (unpaired) electrons. The Morgan fingerprint density at radius 3 is 2.64 bits per heavy atom. The van der Waals surface area contributed by atoms with E-state index in [2.05, 4.69) is 5.32 Å². The molecule has 1 aliphatic rings. The molecule has 2 amide bonds. The van der Waals surface area contributed by atoms with Gasteiger partial charge in [-0.05, 0) is 24.6 Å². The normalized spacial score (nSPS) is 18.3. The van der Waals surface area contributed by atoms with Crippen LogP contribution in [0, 0.1) is 0 Å². The van der Waals surface area contributed by atoms with Crippen molar-refractivity contribution < 1.29 is 13.2 Å². The Hall–Kier alpha value is -1.96. The van der Waals surface area contributed by atoms with Crippen LogP contribution in [0.2, 0.25) is 0 Å². The van der Waals surface area contributed by atoms with Gasteiger partial charge >= 0.3 is 6.03 Å². The highest BCUT2D eigenvalue weighted by Gasteiger charge is 2.30. The fourth-order valence-electron chi connectivity index (χ4n) is 2.39. The Balaban J connectivity index is 2.18. The summed E-state index contributed by atoms with van der Waals surface area (Å²) >= 11 is 0. The Kier molecular flexibility index (Phi) is 4.50. The molecule has 0 saturated carbocycles. The first-order valence-corrected chi connectivity index (χ1v) is 8.95. The molecule has 1 aromatic rings. The molecule has 2 rings (SSSR count). The zero-order valence-corrected chi connectivity index (χ0v) is 13.9. The van der Waals surface area contributed by atoms with Crippen molar-refractivity contribution in [3.8, 4) is 0 Å². The van der Waals surface area contributed by atoms with Gasteiger partial charge in [0.15, 0.2) is 9.84 Å². The summed E-state index contributed by atoms with van der Waals surface area (Å²) in [6, 6.07) is 5.07. The summed E-state index contributed by atoms with van der Waals surface area (Å²) in [5.74, 6) is 0. The summed E-state index contributed by atoms with van der Waals surface area (Å²) in [5, 5.41) is 2.39. The lowest BCUT2D eigenvalue weighted by molar-refractivity contribution is 0.230. The van der Waals surface area contributed by atoms with Crippen molar-refractivity contribution in [3.63, 3.8) is 0 Å². The maximum atomic E-state index is 11.7. The number of hydrogen-bond acceptors (Lipinski definition) is 5.